The zero-order chi connectivity index (χ0) is 30.0. The summed E-state index contributed by atoms with van der Waals surface area (Å²) in [5.41, 5.74) is 0. The van der Waals surface area contributed by atoms with E-state index in [4.69, 9.17) is 0 Å². The van der Waals surface area contributed by atoms with Crippen LogP contribution in [0.15, 0.2) is 12.2 Å². The summed E-state index contributed by atoms with van der Waals surface area (Å²) >= 11 is 0. The molecule has 8 heteroatoms. The Bertz CT molecular complexity index is 701. The van der Waals surface area contributed by atoms with Crippen LogP contribution in [0.1, 0.15) is 142 Å². The van der Waals surface area contributed by atoms with Gasteiger partial charge in [0.2, 0.25) is 5.91 Å². The van der Waals surface area contributed by atoms with E-state index in [0.717, 1.165) is 96.3 Å². The molecule has 0 unspecified atom stereocenters. The zero-order valence-electron chi connectivity index (χ0n) is 26.4. The normalized spacial score (nSPS) is 16.4. The minimum Gasteiger partial charge on any atom is -0.356 e. The molecule has 2 aliphatic rings. The lowest BCUT2D eigenvalue weighted by Gasteiger charge is -2.32. The molecule has 2 rings (SSSR count). The molecule has 0 aromatic carbocycles. The van der Waals surface area contributed by atoms with Crippen LogP contribution >= 0.6 is 0 Å². The summed E-state index contributed by atoms with van der Waals surface area (Å²) in [6.45, 7) is 8.37. The van der Waals surface area contributed by atoms with E-state index in [1.807, 2.05) is 13.0 Å². The number of rotatable bonds is 22. The molecule has 0 spiro atoms. The number of carbonyl (C=O) groups excluding carboxylic acids is 2. The Morgan fingerprint density at radius 1 is 0.902 bits per heavy atom. The third-order valence-corrected chi connectivity index (χ3v) is 8.51. The van der Waals surface area contributed by atoms with Crippen molar-refractivity contribution in [3.8, 4) is 0 Å². The van der Waals surface area contributed by atoms with E-state index >= 15 is 0 Å². The fraction of sp³-hybridized carbons (Fsp3) is 0.879. The number of nitrogens with one attached hydrogen (secondary N) is 1. The Morgan fingerprint density at radius 2 is 1.61 bits per heavy atom. The van der Waals surface area contributed by atoms with E-state index in [9.17, 15) is 19.7 Å². The van der Waals surface area contributed by atoms with Crippen LogP contribution in [0.25, 0.3) is 0 Å². The number of amides is 1. The molecule has 1 saturated heterocycles. The number of allylic oxidation sites excluding steroid dienone is 2. The first-order valence-corrected chi connectivity index (χ1v) is 16.8. The van der Waals surface area contributed by atoms with Crippen LogP contribution in [-0.4, -0.2) is 54.5 Å². The smallest absolute Gasteiger partial charge is 0.294 e. The molecule has 1 N–H and O–H groups in total. The predicted octanol–water partition coefficient (Wildman–Crippen LogP) is 7.83. The highest BCUT2D eigenvalue weighted by molar-refractivity contribution is 5.78. The van der Waals surface area contributed by atoms with Crippen molar-refractivity contribution in [2.75, 3.05) is 32.8 Å². The summed E-state index contributed by atoms with van der Waals surface area (Å²) in [5.74, 6) is 2.20. The Labute approximate surface area is 250 Å². The molecule has 8 nitrogen and oxygen atoms in total. The second kappa shape index (κ2) is 25.7. The monoisotopic (exact) mass is 579 g/mol. The average molecular weight is 580 g/mol. The van der Waals surface area contributed by atoms with Crippen LogP contribution < -0.4 is 5.32 Å². The van der Waals surface area contributed by atoms with Crippen molar-refractivity contribution in [2.24, 2.45) is 11.8 Å². The van der Waals surface area contributed by atoms with Gasteiger partial charge in [-0.3, -0.25) is 9.59 Å². The van der Waals surface area contributed by atoms with Gasteiger partial charge in [0.05, 0.1) is 6.61 Å². The summed E-state index contributed by atoms with van der Waals surface area (Å²) in [5, 5.41) is 12.4. The average Bonchev–Trinajstić information content (AvgIpc) is 3.49. The Hall–Kier alpha value is -1.96. The number of hydrogen-bond acceptors (Lipinski definition) is 6. The number of likely N-dealkylation sites (tertiary alicyclic amines) is 1. The maximum Gasteiger partial charge on any atom is 0.294 e. The fourth-order valence-corrected chi connectivity index (χ4v) is 5.89. The second-order valence-electron chi connectivity index (χ2n) is 12.0. The molecule has 0 aromatic rings. The first kappa shape index (κ1) is 37.1. The van der Waals surface area contributed by atoms with Gasteiger partial charge in [-0.15, -0.1) is 10.1 Å². The SMILES string of the molecule is CC=CCCCC(=O)NCCCN1CCC(CCCO[N+](=O)[O-])CC1.CCCCCCCC(=O)CCC1CCCC1. The summed E-state index contributed by atoms with van der Waals surface area (Å²) in [6.07, 6.45) is 26.4. The van der Waals surface area contributed by atoms with Crippen LogP contribution in [0, 0.1) is 22.0 Å². The van der Waals surface area contributed by atoms with Gasteiger partial charge >= 0.3 is 0 Å². The van der Waals surface area contributed by atoms with Gasteiger partial charge in [0.15, 0.2) is 0 Å². The van der Waals surface area contributed by atoms with Gasteiger partial charge in [-0.25, -0.2) is 0 Å². The number of hydrogen-bond donors (Lipinski definition) is 1. The van der Waals surface area contributed by atoms with Crippen LogP contribution in [0.5, 0.6) is 0 Å². The standard InChI is InChI=1S/C18H33N3O4.C15H28O/c1-2-3-4-5-9-18(22)19-12-7-13-20-14-10-17(11-15-20)8-6-16-25-21(23)24;1-2-3-4-5-6-11-15(16)13-12-14-9-7-8-10-14/h2-3,17H,4-16H2,1H3,(H,19,22);14H,2-13H2,1H3. The molecule has 1 saturated carbocycles. The highest BCUT2D eigenvalue weighted by Crippen LogP contribution is 2.28. The van der Waals surface area contributed by atoms with Crippen molar-refractivity contribution in [1.82, 2.24) is 10.2 Å². The predicted molar refractivity (Wildman–Crippen MR) is 167 cm³/mol. The highest BCUT2D eigenvalue weighted by atomic mass is 16.9. The van der Waals surface area contributed by atoms with Crippen molar-refractivity contribution in [2.45, 2.75) is 142 Å². The molecule has 1 aliphatic carbocycles. The molecule has 238 valence electrons. The maximum atomic E-state index is 11.7. The molecular formula is C33H61N3O5. The van der Waals surface area contributed by atoms with Gasteiger partial charge in [0.25, 0.3) is 5.09 Å². The highest BCUT2D eigenvalue weighted by Gasteiger charge is 2.19. The molecule has 0 radical (unpaired) electrons. The van der Waals surface area contributed by atoms with Gasteiger partial charge in [-0.05, 0) is 96.2 Å². The Morgan fingerprint density at radius 3 is 2.29 bits per heavy atom. The van der Waals surface area contributed by atoms with Crippen molar-refractivity contribution < 1.29 is 19.5 Å². The van der Waals surface area contributed by atoms with Crippen LogP contribution in [0.2, 0.25) is 0 Å². The van der Waals surface area contributed by atoms with E-state index in [1.165, 1.54) is 57.8 Å². The van der Waals surface area contributed by atoms with Gasteiger partial charge in [0, 0.05) is 25.8 Å². The minimum atomic E-state index is -0.719. The topological polar surface area (TPSA) is 102 Å². The third-order valence-electron chi connectivity index (χ3n) is 8.51. The first-order chi connectivity index (χ1) is 19.9. The van der Waals surface area contributed by atoms with Crippen LogP contribution in [0.4, 0.5) is 0 Å². The van der Waals surface area contributed by atoms with E-state index in [-0.39, 0.29) is 12.5 Å². The van der Waals surface area contributed by atoms with Gasteiger partial charge < -0.3 is 15.1 Å². The fourth-order valence-electron chi connectivity index (χ4n) is 5.89. The van der Waals surface area contributed by atoms with E-state index in [1.54, 1.807) is 0 Å². The lowest BCUT2D eigenvalue weighted by Crippen LogP contribution is -2.36. The number of nitrogens with zero attached hydrogens (tertiary/aromatic N) is 2. The third kappa shape index (κ3) is 22.3. The van der Waals surface area contributed by atoms with Crippen LogP contribution in [0.3, 0.4) is 0 Å². The van der Waals surface area contributed by atoms with E-state index in [2.05, 4.69) is 28.1 Å². The van der Waals surface area contributed by atoms with Gasteiger partial charge in [0.1, 0.15) is 5.78 Å². The second-order valence-corrected chi connectivity index (χ2v) is 12.0. The van der Waals surface area contributed by atoms with Crippen molar-refractivity contribution in [1.29, 1.82) is 0 Å². The van der Waals surface area contributed by atoms with Crippen molar-refractivity contribution >= 4 is 11.7 Å². The molecule has 1 heterocycles. The maximum absolute atomic E-state index is 11.7. The van der Waals surface area contributed by atoms with Gasteiger partial charge in [-0.2, -0.15) is 0 Å². The quantitative estimate of drug-likeness (QED) is 0.0607. The molecule has 41 heavy (non-hydrogen) atoms. The summed E-state index contributed by atoms with van der Waals surface area (Å²) in [7, 11) is 0. The summed E-state index contributed by atoms with van der Waals surface area (Å²) in [6, 6.07) is 0. The number of piperidine rings is 1. The largest absolute Gasteiger partial charge is 0.356 e. The van der Waals surface area contributed by atoms with Gasteiger partial charge in [-0.1, -0.05) is 70.4 Å². The lowest BCUT2D eigenvalue weighted by atomic mass is 9.92. The number of Topliss-reactive ketones (excluding diaryl/α,β-unsaturated/α-hetero) is 1. The number of ketones is 1. The molecule has 1 aliphatic heterocycles. The Balaban J connectivity index is 0.000000452. The number of unbranched alkanes of at least 4 members (excludes halogenated alkanes) is 5. The summed E-state index contributed by atoms with van der Waals surface area (Å²) < 4.78 is 0. The van der Waals surface area contributed by atoms with Crippen LogP contribution in [-0.2, 0) is 14.4 Å². The zero-order valence-corrected chi connectivity index (χ0v) is 26.4. The molecule has 0 aromatic heterocycles. The molecule has 2 fully saturated rings. The van der Waals surface area contributed by atoms with E-state index in [0.29, 0.717) is 18.1 Å². The van der Waals surface area contributed by atoms with Crippen molar-refractivity contribution in [3.63, 3.8) is 0 Å². The van der Waals surface area contributed by atoms with Crippen molar-refractivity contribution in [3.05, 3.63) is 22.3 Å². The lowest BCUT2D eigenvalue weighted by molar-refractivity contribution is -0.757. The molecular weight excluding hydrogens is 518 g/mol. The number of carbonyl (C=O) groups is 2. The molecule has 1 amide bonds. The first-order valence-electron chi connectivity index (χ1n) is 16.8. The Kier molecular flexibility index (Phi) is 23.3. The van der Waals surface area contributed by atoms with E-state index < -0.39 is 5.09 Å². The summed E-state index contributed by atoms with van der Waals surface area (Å²) in [4.78, 5) is 40.2. The molecule has 0 atom stereocenters. The minimum absolute atomic E-state index is 0.153. The molecule has 0 bridgehead atoms.